The van der Waals surface area contributed by atoms with E-state index in [9.17, 15) is 4.79 Å². The largest absolute Gasteiger partial charge is 0.494 e. The second kappa shape index (κ2) is 6.38. The van der Waals surface area contributed by atoms with Crippen molar-refractivity contribution in [2.24, 2.45) is 5.73 Å². The SMILES string of the molecule is Cc1c(C(N)=O)nnn1CCCOc1ccc(Cl)cc1. The summed E-state index contributed by atoms with van der Waals surface area (Å²) in [7, 11) is 0. The number of amides is 1. The number of hydrogen-bond donors (Lipinski definition) is 1. The van der Waals surface area contributed by atoms with Crippen molar-refractivity contribution in [1.29, 1.82) is 0 Å². The Morgan fingerprint density at radius 2 is 2.10 bits per heavy atom. The van der Waals surface area contributed by atoms with Crippen LogP contribution in [0.25, 0.3) is 0 Å². The van der Waals surface area contributed by atoms with Gasteiger partial charge in [0.15, 0.2) is 5.69 Å². The van der Waals surface area contributed by atoms with Crippen molar-refractivity contribution in [3.63, 3.8) is 0 Å². The molecule has 20 heavy (non-hydrogen) atoms. The van der Waals surface area contributed by atoms with E-state index in [0.29, 0.717) is 23.9 Å². The molecule has 2 N–H and O–H groups in total. The molecule has 0 fully saturated rings. The lowest BCUT2D eigenvalue weighted by molar-refractivity contribution is 0.0995. The summed E-state index contributed by atoms with van der Waals surface area (Å²) < 4.78 is 7.21. The van der Waals surface area contributed by atoms with Gasteiger partial charge in [0.05, 0.1) is 12.3 Å². The van der Waals surface area contributed by atoms with Crippen molar-refractivity contribution in [2.45, 2.75) is 19.9 Å². The first-order valence-electron chi connectivity index (χ1n) is 6.16. The fourth-order valence-corrected chi connectivity index (χ4v) is 1.86. The van der Waals surface area contributed by atoms with Gasteiger partial charge in [-0.3, -0.25) is 4.79 Å². The standard InChI is InChI=1S/C13H15ClN4O2/c1-9-12(13(15)19)16-17-18(9)7-2-8-20-11-5-3-10(14)4-6-11/h3-6H,2,7-8H2,1H3,(H2,15,19). The van der Waals surface area contributed by atoms with Crippen LogP contribution in [0, 0.1) is 6.92 Å². The maximum Gasteiger partial charge on any atom is 0.271 e. The van der Waals surface area contributed by atoms with Crippen molar-refractivity contribution in [1.82, 2.24) is 15.0 Å². The van der Waals surface area contributed by atoms with Gasteiger partial charge in [-0.1, -0.05) is 16.8 Å². The van der Waals surface area contributed by atoms with Crippen molar-refractivity contribution >= 4 is 17.5 Å². The number of aryl methyl sites for hydroxylation is 1. The Bertz CT molecular complexity index is 595. The van der Waals surface area contributed by atoms with Crippen LogP contribution in [-0.4, -0.2) is 27.5 Å². The van der Waals surface area contributed by atoms with Crippen LogP contribution in [0.15, 0.2) is 24.3 Å². The number of nitrogens with zero attached hydrogens (tertiary/aromatic N) is 3. The van der Waals surface area contributed by atoms with Crippen molar-refractivity contribution in [3.8, 4) is 5.75 Å². The third-order valence-electron chi connectivity index (χ3n) is 2.81. The van der Waals surface area contributed by atoms with Gasteiger partial charge in [-0.15, -0.1) is 5.10 Å². The zero-order valence-electron chi connectivity index (χ0n) is 11.0. The highest BCUT2D eigenvalue weighted by atomic mass is 35.5. The predicted molar refractivity (Wildman–Crippen MR) is 74.8 cm³/mol. The number of aromatic nitrogens is 3. The Labute approximate surface area is 121 Å². The van der Waals surface area contributed by atoms with E-state index in [1.165, 1.54) is 0 Å². The molecule has 0 aliphatic carbocycles. The zero-order valence-corrected chi connectivity index (χ0v) is 11.8. The Morgan fingerprint density at radius 3 is 2.70 bits per heavy atom. The quantitative estimate of drug-likeness (QED) is 0.824. The summed E-state index contributed by atoms with van der Waals surface area (Å²) in [6.45, 7) is 2.91. The normalized spacial score (nSPS) is 10.5. The molecule has 0 aliphatic heterocycles. The number of primary amides is 1. The average molecular weight is 295 g/mol. The first-order valence-corrected chi connectivity index (χ1v) is 6.54. The van der Waals surface area contributed by atoms with Crippen molar-refractivity contribution in [3.05, 3.63) is 40.7 Å². The smallest absolute Gasteiger partial charge is 0.271 e. The molecule has 0 saturated carbocycles. The highest BCUT2D eigenvalue weighted by Gasteiger charge is 2.12. The fourth-order valence-electron chi connectivity index (χ4n) is 1.74. The number of carbonyl (C=O) groups is 1. The lowest BCUT2D eigenvalue weighted by atomic mass is 10.3. The molecule has 0 atom stereocenters. The Morgan fingerprint density at radius 1 is 1.40 bits per heavy atom. The van der Waals surface area contributed by atoms with Gasteiger partial charge in [0, 0.05) is 18.0 Å². The van der Waals surface area contributed by atoms with E-state index in [-0.39, 0.29) is 5.69 Å². The van der Waals surface area contributed by atoms with Crippen LogP contribution in [0.1, 0.15) is 22.6 Å². The number of nitrogens with two attached hydrogens (primary N) is 1. The molecule has 0 spiro atoms. The highest BCUT2D eigenvalue weighted by Crippen LogP contribution is 2.15. The molecule has 0 saturated heterocycles. The van der Waals surface area contributed by atoms with Crippen molar-refractivity contribution in [2.75, 3.05) is 6.61 Å². The summed E-state index contributed by atoms with van der Waals surface area (Å²) in [5, 5.41) is 8.31. The van der Waals surface area contributed by atoms with Gasteiger partial charge in [-0.25, -0.2) is 4.68 Å². The summed E-state index contributed by atoms with van der Waals surface area (Å²) in [5.74, 6) is 0.203. The van der Waals surface area contributed by atoms with Crippen LogP contribution >= 0.6 is 11.6 Å². The topological polar surface area (TPSA) is 83.0 Å². The van der Waals surface area contributed by atoms with Gasteiger partial charge in [-0.2, -0.15) is 0 Å². The van der Waals surface area contributed by atoms with E-state index in [1.807, 2.05) is 12.1 Å². The maximum atomic E-state index is 11.0. The van der Waals surface area contributed by atoms with Crippen LogP contribution < -0.4 is 10.5 Å². The van der Waals surface area contributed by atoms with Crippen LogP contribution in [-0.2, 0) is 6.54 Å². The van der Waals surface area contributed by atoms with Crippen LogP contribution in [0.4, 0.5) is 0 Å². The molecule has 2 rings (SSSR count). The van der Waals surface area contributed by atoms with Crippen molar-refractivity contribution < 1.29 is 9.53 Å². The zero-order chi connectivity index (χ0) is 14.5. The molecule has 7 heteroatoms. The molecule has 0 radical (unpaired) electrons. The molecule has 1 amide bonds. The molecule has 6 nitrogen and oxygen atoms in total. The third-order valence-corrected chi connectivity index (χ3v) is 3.06. The fraction of sp³-hybridized carbons (Fsp3) is 0.308. The van der Waals surface area contributed by atoms with E-state index in [1.54, 1.807) is 23.7 Å². The van der Waals surface area contributed by atoms with Crippen LogP contribution in [0.2, 0.25) is 5.02 Å². The van der Waals surface area contributed by atoms with Gasteiger partial charge in [0.2, 0.25) is 0 Å². The lowest BCUT2D eigenvalue weighted by Crippen LogP contribution is -2.14. The number of carbonyl (C=O) groups excluding carboxylic acids is 1. The Balaban J connectivity index is 1.81. The van der Waals surface area contributed by atoms with Crippen LogP contribution in [0.5, 0.6) is 5.75 Å². The van der Waals surface area contributed by atoms with Gasteiger partial charge < -0.3 is 10.5 Å². The minimum absolute atomic E-state index is 0.212. The molecule has 1 heterocycles. The van der Waals surface area contributed by atoms with Gasteiger partial charge in [0.1, 0.15) is 5.75 Å². The van der Waals surface area contributed by atoms with E-state index < -0.39 is 5.91 Å². The molecule has 106 valence electrons. The highest BCUT2D eigenvalue weighted by molar-refractivity contribution is 6.30. The Hall–Kier alpha value is -2.08. The molecule has 1 aromatic heterocycles. The molecular formula is C13H15ClN4O2. The summed E-state index contributed by atoms with van der Waals surface area (Å²) in [6.07, 6.45) is 0.741. The first-order chi connectivity index (χ1) is 9.58. The Kier molecular flexibility index (Phi) is 4.57. The summed E-state index contributed by atoms with van der Waals surface area (Å²) in [4.78, 5) is 11.0. The molecule has 0 unspecified atom stereocenters. The number of halogens is 1. The maximum absolute atomic E-state index is 11.0. The minimum Gasteiger partial charge on any atom is -0.494 e. The lowest BCUT2D eigenvalue weighted by Gasteiger charge is -2.07. The first kappa shape index (κ1) is 14.3. The number of ether oxygens (including phenoxy) is 1. The van der Waals surface area contributed by atoms with E-state index in [2.05, 4.69) is 10.3 Å². The number of hydrogen-bond acceptors (Lipinski definition) is 4. The molecule has 0 bridgehead atoms. The van der Waals surface area contributed by atoms with Gasteiger partial charge >= 0.3 is 0 Å². The van der Waals surface area contributed by atoms with E-state index >= 15 is 0 Å². The van der Waals surface area contributed by atoms with E-state index in [0.717, 1.165) is 12.2 Å². The predicted octanol–water partition coefficient (Wildman–Crippen LogP) is 1.81. The average Bonchev–Trinajstić information content (AvgIpc) is 2.78. The van der Waals surface area contributed by atoms with Gasteiger partial charge in [-0.05, 0) is 31.2 Å². The molecular weight excluding hydrogens is 280 g/mol. The minimum atomic E-state index is -0.564. The molecule has 1 aromatic carbocycles. The second-order valence-corrected chi connectivity index (χ2v) is 4.70. The third kappa shape index (κ3) is 3.48. The number of rotatable bonds is 6. The second-order valence-electron chi connectivity index (χ2n) is 4.27. The number of benzene rings is 1. The summed E-state index contributed by atoms with van der Waals surface area (Å²) >= 11 is 5.79. The van der Waals surface area contributed by atoms with Gasteiger partial charge in [0.25, 0.3) is 5.91 Å². The van der Waals surface area contributed by atoms with E-state index in [4.69, 9.17) is 22.1 Å². The van der Waals surface area contributed by atoms with Crippen LogP contribution in [0.3, 0.4) is 0 Å². The monoisotopic (exact) mass is 294 g/mol. The summed E-state index contributed by atoms with van der Waals surface area (Å²) in [5.41, 5.74) is 6.06. The summed E-state index contributed by atoms with van der Waals surface area (Å²) in [6, 6.07) is 7.18. The molecule has 0 aliphatic rings. The molecule has 2 aromatic rings.